The molecule has 7 rings (SSSR count). The van der Waals surface area contributed by atoms with Gasteiger partial charge in [-0.1, -0.05) is 74.9 Å². The van der Waals surface area contributed by atoms with Crippen molar-refractivity contribution in [1.82, 2.24) is 4.57 Å². The van der Waals surface area contributed by atoms with Gasteiger partial charge in [-0.05, 0) is 83.6 Å². The molecule has 0 unspecified atom stereocenters. The Bertz CT molecular complexity index is 1960. The normalized spacial score (nSPS) is 12.3. The van der Waals surface area contributed by atoms with E-state index in [0.717, 1.165) is 16.6 Å². The van der Waals surface area contributed by atoms with Gasteiger partial charge in [-0.2, -0.15) is 0 Å². The zero-order valence-corrected chi connectivity index (χ0v) is 21.7. The highest BCUT2D eigenvalue weighted by molar-refractivity contribution is 6.11. The molecule has 0 saturated carbocycles. The molecule has 0 N–H and O–H groups in total. The average molecular weight is 480 g/mol. The molecule has 0 amide bonds. The standard InChI is InChI=1S/C35H29NO/c1-22-9-17-33-29(19-22)30-21-24(11-18-34(30)37-33)23-10-16-32-28(20-23)27-7-5-6-8-31(27)36(32)26-14-12-25(13-15-26)35(2,3)4/h5-21H,1-4H3. The topological polar surface area (TPSA) is 18.1 Å². The Morgan fingerprint density at radius 1 is 0.568 bits per heavy atom. The summed E-state index contributed by atoms with van der Waals surface area (Å²) in [5.74, 6) is 0. The maximum Gasteiger partial charge on any atom is 0.135 e. The van der Waals surface area contributed by atoms with Crippen molar-refractivity contribution < 1.29 is 4.42 Å². The first-order valence-corrected chi connectivity index (χ1v) is 12.9. The van der Waals surface area contributed by atoms with Crippen LogP contribution in [0.25, 0.3) is 60.6 Å². The van der Waals surface area contributed by atoms with Gasteiger partial charge in [0, 0.05) is 27.2 Å². The predicted octanol–water partition coefficient (Wildman–Crippen LogP) is 9.96. The van der Waals surface area contributed by atoms with Gasteiger partial charge in [0.1, 0.15) is 11.2 Å². The van der Waals surface area contributed by atoms with Crippen LogP contribution in [0, 0.1) is 6.92 Å². The molecule has 0 saturated heterocycles. The highest BCUT2D eigenvalue weighted by Crippen LogP contribution is 2.37. The molecule has 0 atom stereocenters. The number of aromatic nitrogens is 1. The Hall–Kier alpha value is -4.30. The van der Waals surface area contributed by atoms with Crippen LogP contribution in [0.3, 0.4) is 0 Å². The summed E-state index contributed by atoms with van der Waals surface area (Å²) < 4.78 is 8.49. The van der Waals surface area contributed by atoms with Crippen LogP contribution in [-0.4, -0.2) is 4.57 Å². The lowest BCUT2D eigenvalue weighted by Crippen LogP contribution is -2.10. The van der Waals surface area contributed by atoms with Crippen LogP contribution < -0.4 is 0 Å². The number of para-hydroxylation sites is 1. The van der Waals surface area contributed by atoms with Crippen molar-refractivity contribution in [3.05, 3.63) is 114 Å². The fourth-order valence-electron chi connectivity index (χ4n) is 5.61. The number of hydrogen-bond donors (Lipinski definition) is 0. The van der Waals surface area contributed by atoms with E-state index in [1.165, 1.54) is 55.1 Å². The van der Waals surface area contributed by atoms with Crippen molar-refractivity contribution in [3.63, 3.8) is 0 Å². The minimum Gasteiger partial charge on any atom is -0.456 e. The van der Waals surface area contributed by atoms with Crippen molar-refractivity contribution in [2.75, 3.05) is 0 Å². The SMILES string of the molecule is Cc1ccc2oc3ccc(-c4ccc5c(c4)c4ccccc4n5-c4ccc(C(C)(C)C)cc4)cc3c2c1. The average Bonchev–Trinajstić information content (AvgIpc) is 3.43. The van der Waals surface area contributed by atoms with Gasteiger partial charge in [0.05, 0.1) is 11.0 Å². The third-order valence-corrected chi connectivity index (χ3v) is 7.62. The summed E-state index contributed by atoms with van der Waals surface area (Å²) in [6.45, 7) is 8.90. The molecular formula is C35H29NO. The summed E-state index contributed by atoms with van der Waals surface area (Å²) in [6.07, 6.45) is 0. The number of rotatable bonds is 2. The lowest BCUT2D eigenvalue weighted by molar-refractivity contribution is 0.590. The minimum atomic E-state index is 0.133. The van der Waals surface area contributed by atoms with E-state index in [0.29, 0.717) is 0 Å². The fraction of sp³-hybridized carbons (Fsp3) is 0.143. The maximum atomic E-state index is 6.10. The predicted molar refractivity (Wildman–Crippen MR) is 157 cm³/mol. The van der Waals surface area contributed by atoms with E-state index in [4.69, 9.17) is 4.42 Å². The van der Waals surface area contributed by atoms with Crippen LogP contribution in [0.5, 0.6) is 0 Å². The Morgan fingerprint density at radius 3 is 1.95 bits per heavy atom. The Labute approximate surface area is 216 Å². The number of hydrogen-bond acceptors (Lipinski definition) is 1. The Morgan fingerprint density at radius 2 is 1.19 bits per heavy atom. The van der Waals surface area contributed by atoms with Crippen LogP contribution in [0.1, 0.15) is 31.9 Å². The highest BCUT2D eigenvalue weighted by Gasteiger charge is 2.16. The number of aryl methyl sites for hydroxylation is 1. The molecule has 2 aromatic heterocycles. The van der Waals surface area contributed by atoms with Gasteiger partial charge < -0.3 is 8.98 Å². The van der Waals surface area contributed by atoms with Gasteiger partial charge in [-0.25, -0.2) is 0 Å². The molecule has 2 nitrogen and oxygen atoms in total. The lowest BCUT2D eigenvalue weighted by Gasteiger charge is -2.19. The van der Waals surface area contributed by atoms with E-state index >= 15 is 0 Å². The number of benzene rings is 5. The molecule has 2 heteroatoms. The van der Waals surface area contributed by atoms with Crippen molar-refractivity contribution in [2.24, 2.45) is 0 Å². The molecule has 0 aliphatic rings. The van der Waals surface area contributed by atoms with Crippen molar-refractivity contribution >= 4 is 43.7 Å². The molecule has 0 fully saturated rings. The summed E-state index contributed by atoms with van der Waals surface area (Å²) in [5.41, 5.74) is 10.6. The van der Waals surface area contributed by atoms with Gasteiger partial charge >= 0.3 is 0 Å². The second kappa shape index (κ2) is 7.85. The largest absolute Gasteiger partial charge is 0.456 e. The molecule has 0 aliphatic heterocycles. The molecule has 0 radical (unpaired) electrons. The van der Waals surface area contributed by atoms with Gasteiger partial charge in [0.25, 0.3) is 0 Å². The third kappa shape index (κ3) is 3.48. The van der Waals surface area contributed by atoms with Crippen LogP contribution in [0.4, 0.5) is 0 Å². The first-order valence-electron chi connectivity index (χ1n) is 12.9. The smallest absolute Gasteiger partial charge is 0.135 e. The van der Waals surface area contributed by atoms with E-state index in [-0.39, 0.29) is 5.41 Å². The van der Waals surface area contributed by atoms with Gasteiger partial charge in [0.2, 0.25) is 0 Å². The summed E-state index contributed by atoms with van der Waals surface area (Å²) >= 11 is 0. The van der Waals surface area contributed by atoms with Crippen molar-refractivity contribution in [1.29, 1.82) is 0 Å². The van der Waals surface area contributed by atoms with Gasteiger partial charge in [-0.15, -0.1) is 0 Å². The van der Waals surface area contributed by atoms with E-state index in [1.54, 1.807) is 0 Å². The lowest BCUT2D eigenvalue weighted by atomic mass is 9.87. The molecule has 180 valence electrons. The van der Waals surface area contributed by atoms with Crippen LogP contribution >= 0.6 is 0 Å². The molecule has 0 aliphatic carbocycles. The second-order valence-corrected chi connectivity index (χ2v) is 11.2. The Kier molecular flexibility index (Phi) is 4.65. The maximum absolute atomic E-state index is 6.10. The minimum absolute atomic E-state index is 0.133. The molecule has 37 heavy (non-hydrogen) atoms. The molecule has 5 aromatic carbocycles. The van der Waals surface area contributed by atoms with Gasteiger partial charge in [-0.3, -0.25) is 0 Å². The van der Waals surface area contributed by atoms with Crippen molar-refractivity contribution in [3.8, 4) is 16.8 Å². The van der Waals surface area contributed by atoms with Crippen LogP contribution in [-0.2, 0) is 5.41 Å². The summed E-state index contributed by atoms with van der Waals surface area (Å²) in [6, 6.07) is 37.5. The van der Waals surface area contributed by atoms with Crippen molar-refractivity contribution in [2.45, 2.75) is 33.1 Å². The van der Waals surface area contributed by atoms with E-state index in [2.05, 4.69) is 135 Å². The molecule has 2 heterocycles. The summed E-state index contributed by atoms with van der Waals surface area (Å²) in [4.78, 5) is 0. The second-order valence-electron chi connectivity index (χ2n) is 11.2. The first kappa shape index (κ1) is 21.9. The molecule has 0 bridgehead atoms. The quantitative estimate of drug-likeness (QED) is 0.241. The number of furan rings is 1. The number of nitrogens with zero attached hydrogens (tertiary/aromatic N) is 1. The zero-order valence-electron chi connectivity index (χ0n) is 21.7. The third-order valence-electron chi connectivity index (χ3n) is 7.62. The van der Waals surface area contributed by atoms with E-state index in [1.807, 2.05) is 0 Å². The van der Waals surface area contributed by atoms with E-state index in [9.17, 15) is 0 Å². The first-order chi connectivity index (χ1) is 17.9. The molecule has 0 spiro atoms. The van der Waals surface area contributed by atoms with Gasteiger partial charge in [0.15, 0.2) is 0 Å². The highest BCUT2D eigenvalue weighted by atomic mass is 16.3. The van der Waals surface area contributed by atoms with Crippen LogP contribution in [0.2, 0.25) is 0 Å². The Balaban J connectivity index is 1.42. The monoisotopic (exact) mass is 479 g/mol. The molecule has 7 aromatic rings. The summed E-state index contributed by atoms with van der Waals surface area (Å²) in [7, 11) is 0. The summed E-state index contributed by atoms with van der Waals surface area (Å²) in [5, 5.41) is 4.87. The van der Waals surface area contributed by atoms with Crippen LogP contribution in [0.15, 0.2) is 108 Å². The zero-order chi connectivity index (χ0) is 25.3. The fourth-order valence-corrected chi connectivity index (χ4v) is 5.61. The molecular weight excluding hydrogens is 450 g/mol. The van der Waals surface area contributed by atoms with E-state index < -0.39 is 0 Å². The number of fused-ring (bicyclic) bond motifs is 6.